The first kappa shape index (κ1) is 14.1. The van der Waals surface area contributed by atoms with E-state index >= 15 is 0 Å². The Morgan fingerprint density at radius 3 is 2.79 bits per heavy atom. The number of aryl methyl sites for hydroxylation is 1. The van der Waals surface area contributed by atoms with Crippen molar-refractivity contribution in [1.29, 1.82) is 0 Å². The van der Waals surface area contributed by atoms with Crippen molar-refractivity contribution in [1.82, 2.24) is 9.88 Å². The monoisotopic (exact) mass is 284 g/mol. The molecule has 0 atom stereocenters. The zero-order chi connectivity index (χ0) is 13.9. The number of nitrogens with zero attached hydrogens (tertiary/aromatic N) is 1. The van der Waals surface area contributed by atoms with Crippen LogP contribution in [0.1, 0.15) is 23.2 Å². The molecule has 19 heavy (non-hydrogen) atoms. The molecular weight excluding hydrogens is 268 g/mol. The maximum atomic E-state index is 12.2. The predicted molar refractivity (Wildman–Crippen MR) is 72.7 cm³/mol. The molecule has 1 aromatic rings. The van der Waals surface area contributed by atoms with Crippen molar-refractivity contribution in [2.24, 2.45) is 7.05 Å². The number of pyridine rings is 1. The minimum Gasteiger partial charge on any atom is -0.381 e. The van der Waals surface area contributed by atoms with Gasteiger partial charge in [0, 0.05) is 44.0 Å². The highest BCUT2D eigenvalue weighted by Crippen LogP contribution is 2.22. The van der Waals surface area contributed by atoms with E-state index in [1.54, 1.807) is 19.3 Å². The third kappa shape index (κ3) is 3.16. The van der Waals surface area contributed by atoms with Gasteiger partial charge in [-0.3, -0.25) is 9.59 Å². The Labute approximate surface area is 116 Å². The normalized spacial score (nSPS) is 18.0. The van der Waals surface area contributed by atoms with Crippen LogP contribution in [0.2, 0.25) is 0 Å². The minimum absolute atomic E-state index is 0.209. The number of hydrogen-bond acceptors (Lipinski definition) is 3. The lowest BCUT2D eigenvalue weighted by Gasteiger charge is -2.36. The van der Waals surface area contributed by atoms with Crippen molar-refractivity contribution in [3.05, 3.63) is 34.2 Å². The summed E-state index contributed by atoms with van der Waals surface area (Å²) >= 11 is 5.99. The topological polar surface area (TPSA) is 60.3 Å². The van der Waals surface area contributed by atoms with E-state index in [1.807, 2.05) is 0 Å². The number of halogens is 1. The van der Waals surface area contributed by atoms with Crippen LogP contribution in [0.15, 0.2) is 23.1 Å². The fraction of sp³-hybridized carbons (Fsp3) is 0.538. The van der Waals surface area contributed by atoms with Crippen LogP contribution in [0.4, 0.5) is 0 Å². The average molecular weight is 285 g/mol. The summed E-state index contributed by atoms with van der Waals surface area (Å²) < 4.78 is 6.70. The molecule has 2 rings (SSSR count). The summed E-state index contributed by atoms with van der Waals surface area (Å²) in [5, 5.41) is 2.95. The fourth-order valence-electron chi connectivity index (χ4n) is 2.06. The molecular formula is C13H17ClN2O3. The average Bonchev–Trinajstić information content (AvgIpc) is 2.43. The molecule has 1 aromatic heterocycles. The molecule has 1 aliphatic rings. The van der Waals surface area contributed by atoms with Crippen molar-refractivity contribution < 1.29 is 9.53 Å². The Balaban J connectivity index is 2.15. The van der Waals surface area contributed by atoms with Gasteiger partial charge in [0.15, 0.2) is 0 Å². The van der Waals surface area contributed by atoms with Crippen molar-refractivity contribution >= 4 is 17.5 Å². The van der Waals surface area contributed by atoms with E-state index in [1.165, 1.54) is 10.6 Å². The molecule has 0 bridgehead atoms. The maximum absolute atomic E-state index is 12.2. The molecule has 104 valence electrons. The Bertz CT molecular complexity index is 521. The molecule has 6 heteroatoms. The highest BCUT2D eigenvalue weighted by molar-refractivity contribution is 6.19. The molecule has 1 N–H and O–H groups in total. The first-order valence-corrected chi connectivity index (χ1v) is 6.73. The summed E-state index contributed by atoms with van der Waals surface area (Å²) in [7, 11) is 1.64. The summed E-state index contributed by atoms with van der Waals surface area (Å²) in [6.45, 7) is 1.17. The molecule has 1 fully saturated rings. The van der Waals surface area contributed by atoms with Crippen molar-refractivity contribution in [3.8, 4) is 0 Å². The molecule has 0 aliphatic carbocycles. The standard InChI is InChI=1S/C13H17ClN2O3/c1-16-5-2-10(8-11(16)17)12(18)15-13(9-14)3-6-19-7-4-13/h2,5,8H,3-4,6-7,9H2,1H3,(H,15,18). The van der Waals surface area contributed by atoms with Crippen LogP contribution < -0.4 is 10.9 Å². The first-order chi connectivity index (χ1) is 9.06. The van der Waals surface area contributed by atoms with Crippen LogP contribution in [0.25, 0.3) is 0 Å². The number of aromatic nitrogens is 1. The van der Waals surface area contributed by atoms with Gasteiger partial charge in [0.05, 0.1) is 5.54 Å². The third-order valence-corrected chi connectivity index (χ3v) is 3.96. The third-order valence-electron chi connectivity index (χ3n) is 3.45. The van der Waals surface area contributed by atoms with E-state index < -0.39 is 5.54 Å². The molecule has 0 aromatic carbocycles. The van der Waals surface area contributed by atoms with Crippen molar-refractivity contribution in [2.75, 3.05) is 19.1 Å². The van der Waals surface area contributed by atoms with Gasteiger partial charge < -0.3 is 14.6 Å². The molecule has 1 aliphatic heterocycles. The summed E-state index contributed by atoms with van der Waals surface area (Å²) in [5.74, 6) is 0.0766. The lowest BCUT2D eigenvalue weighted by molar-refractivity contribution is 0.0433. The van der Waals surface area contributed by atoms with Gasteiger partial charge >= 0.3 is 0 Å². The second-order valence-electron chi connectivity index (χ2n) is 4.85. The first-order valence-electron chi connectivity index (χ1n) is 6.19. The summed E-state index contributed by atoms with van der Waals surface area (Å²) in [6, 6.07) is 2.95. The zero-order valence-electron chi connectivity index (χ0n) is 10.8. The second kappa shape index (κ2) is 5.75. The van der Waals surface area contributed by atoms with Crippen LogP contribution in [0.3, 0.4) is 0 Å². The lowest BCUT2D eigenvalue weighted by Crippen LogP contribution is -2.53. The van der Waals surface area contributed by atoms with Crippen LogP contribution in [-0.2, 0) is 11.8 Å². The summed E-state index contributed by atoms with van der Waals surface area (Å²) in [5.41, 5.74) is -0.281. The maximum Gasteiger partial charge on any atom is 0.252 e. The van der Waals surface area contributed by atoms with Gasteiger partial charge in [-0.25, -0.2) is 0 Å². The SMILES string of the molecule is Cn1ccc(C(=O)NC2(CCl)CCOCC2)cc1=O. The number of alkyl halides is 1. The van der Waals surface area contributed by atoms with Gasteiger partial charge in [0.2, 0.25) is 0 Å². The molecule has 0 saturated carbocycles. The molecule has 5 nitrogen and oxygen atoms in total. The van der Waals surface area contributed by atoms with E-state index in [-0.39, 0.29) is 11.5 Å². The second-order valence-corrected chi connectivity index (χ2v) is 5.11. The van der Waals surface area contributed by atoms with Gasteiger partial charge in [-0.05, 0) is 18.9 Å². The highest BCUT2D eigenvalue weighted by Gasteiger charge is 2.33. The molecule has 1 amide bonds. The van der Waals surface area contributed by atoms with Crippen LogP contribution in [0.5, 0.6) is 0 Å². The number of ether oxygens (including phenoxy) is 1. The van der Waals surface area contributed by atoms with Gasteiger partial charge in [0.25, 0.3) is 11.5 Å². The van der Waals surface area contributed by atoms with Crippen molar-refractivity contribution in [2.45, 2.75) is 18.4 Å². The quantitative estimate of drug-likeness (QED) is 0.839. The Morgan fingerprint density at radius 2 is 2.21 bits per heavy atom. The number of amides is 1. The largest absolute Gasteiger partial charge is 0.381 e. The Kier molecular flexibility index (Phi) is 4.27. The molecule has 0 radical (unpaired) electrons. The number of hydrogen-bond donors (Lipinski definition) is 1. The van der Waals surface area contributed by atoms with Gasteiger partial charge in [-0.15, -0.1) is 11.6 Å². The van der Waals surface area contributed by atoms with E-state index in [9.17, 15) is 9.59 Å². The molecule has 1 saturated heterocycles. The van der Waals surface area contributed by atoms with E-state index in [0.717, 1.165) is 0 Å². The Hall–Kier alpha value is -1.33. The lowest BCUT2D eigenvalue weighted by atomic mass is 9.92. The van der Waals surface area contributed by atoms with Gasteiger partial charge in [-0.2, -0.15) is 0 Å². The number of carbonyl (C=O) groups excluding carboxylic acids is 1. The summed E-state index contributed by atoms with van der Waals surface area (Å²) in [4.78, 5) is 23.7. The number of nitrogens with one attached hydrogen (secondary N) is 1. The van der Waals surface area contributed by atoms with E-state index in [2.05, 4.69) is 5.32 Å². The predicted octanol–water partition coefficient (Wildman–Crippen LogP) is 0.903. The molecule has 0 spiro atoms. The van der Waals surface area contributed by atoms with E-state index in [4.69, 9.17) is 16.3 Å². The minimum atomic E-state index is -0.433. The van der Waals surface area contributed by atoms with Crippen LogP contribution >= 0.6 is 11.6 Å². The molecule has 2 heterocycles. The number of carbonyl (C=O) groups is 1. The van der Waals surface area contributed by atoms with E-state index in [0.29, 0.717) is 37.5 Å². The van der Waals surface area contributed by atoms with Crippen LogP contribution in [0, 0.1) is 0 Å². The Morgan fingerprint density at radius 1 is 1.53 bits per heavy atom. The smallest absolute Gasteiger partial charge is 0.252 e. The number of rotatable bonds is 3. The van der Waals surface area contributed by atoms with Crippen molar-refractivity contribution in [3.63, 3.8) is 0 Å². The highest BCUT2D eigenvalue weighted by atomic mass is 35.5. The van der Waals surface area contributed by atoms with Gasteiger partial charge in [-0.1, -0.05) is 0 Å². The fourth-order valence-corrected chi connectivity index (χ4v) is 2.39. The van der Waals surface area contributed by atoms with Crippen LogP contribution in [-0.4, -0.2) is 35.1 Å². The zero-order valence-corrected chi connectivity index (χ0v) is 11.6. The summed E-state index contributed by atoms with van der Waals surface area (Å²) in [6.07, 6.45) is 2.95. The van der Waals surface area contributed by atoms with Gasteiger partial charge in [0.1, 0.15) is 0 Å². The molecule has 0 unspecified atom stereocenters.